The quantitative estimate of drug-likeness (QED) is 0.847. The molecule has 1 fully saturated rings. The van der Waals surface area contributed by atoms with Crippen LogP contribution in [0.2, 0.25) is 0 Å². The fraction of sp³-hybridized carbons (Fsp3) is 0.636. The van der Waals surface area contributed by atoms with Crippen LogP contribution in [-0.4, -0.2) is 28.7 Å². The summed E-state index contributed by atoms with van der Waals surface area (Å²) in [7, 11) is 0. The SMILES string of the molecule is N#Cc1c(N)nsc1N1CCCCC1CCO. The standard InChI is InChI=1S/C11H16N4OS/c12-7-9-10(13)14-17-11(9)15-5-2-1-3-8(15)4-6-16/h8,16H,1-6H2,(H2,13,14). The van der Waals surface area contributed by atoms with Crippen molar-refractivity contribution in [2.75, 3.05) is 23.8 Å². The lowest BCUT2D eigenvalue weighted by Gasteiger charge is -2.36. The molecule has 0 radical (unpaired) electrons. The van der Waals surface area contributed by atoms with Crippen molar-refractivity contribution >= 4 is 22.4 Å². The molecule has 2 heterocycles. The molecular formula is C11H16N4OS. The van der Waals surface area contributed by atoms with E-state index >= 15 is 0 Å². The van der Waals surface area contributed by atoms with Crippen LogP contribution in [0, 0.1) is 11.3 Å². The highest BCUT2D eigenvalue weighted by Gasteiger charge is 2.26. The fourth-order valence-corrected chi connectivity index (χ4v) is 3.17. The third kappa shape index (κ3) is 2.35. The van der Waals surface area contributed by atoms with Gasteiger partial charge in [0.05, 0.1) is 0 Å². The lowest BCUT2D eigenvalue weighted by molar-refractivity contribution is 0.263. The van der Waals surface area contributed by atoms with E-state index in [1.807, 2.05) is 0 Å². The summed E-state index contributed by atoms with van der Waals surface area (Å²) < 4.78 is 4.05. The Morgan fingerprint density at radius 3 is 3.12 bits per heavy atom. The van der Waals surface area contributed by atoms with E-state index in [1.165, 1.54) is 18.0 Å². The number of rotatable bonds is 3. The molecule has 0 spiro atoms. The average molecular weight is 252 g/mol. The minimum absolute atomic E-state index is 0.178. The second-order valence-electron chi connectivity index (χ2n) is 4.22. The minimum Gasteiger partial charge on any atom is -0.396 e. The smallest absolute Gasteiger partial charge is 0.157 e. The predicted octanol–water partition coefficient (Wildman–Crippen LogP) is 1.34. The summed E-state index contributed by atoms with van der Waals surface area (Å²) in [5.74, 6) is 0.320. The van der Waals surface area contributed by atoms with Crippen LogP contribution in [0.5, 0.6) is 0 Å². The number of hydrogen-bond donors (Lipinski definition) is 2. The molecule has 0 bridgehead atoms. The maximum absolute atomic E-state index is 9.10. The van der Waals surface area contributed by atoms with Gasteiger partial charge in [0.25, 0.3) is 0 Å². The fourth-order valence-electron chi connectivity index (χ4n) is 2.31. The molecule has 1 aliphatic rings. The first-order valence-corrected chi connectivity index (χ1v) is 6.58. The molecule has 0 aliphatic carbocycles. The van der Waals surface area contributed by atoms with Crippen molar-refractivity contribution in [3.8, 4) is 6.07 Å². The molecule has 92 valence electrons. The topological polar surface area (TPSA) is 86.2 Å². The number of nitrogens with two attached hydrogens (primary N) is 1. The molecule has 1 unspecified atom stereocenters. The van der Waals surface area contributed by atoms with Crippen LogP contribution < -0.4 is 10.6 Å². The highest BCUT2D eigenvalue weighted by atomic mass is 32.1. The Kier molecular flexibility index (Phi) is 3.82. The van der Waals surface area contributed by atoms with Crippen LogP contribution >= 0.6 is 11.5 Å². The molecule has 3 N–H and O–H groups in total. The molecule has 0 aromatic carbocycles. The molecule has 1 aromatic heterocycles. The average Bonchev–Trinajstić information content (AvgIpc) is 2.71. The molecule has 1 aromatic rings. The van der Waals surface area contributed by atoms with Gasteiger partial charge in [0.15, 0.2) is 5.82 Å². The zero-order valence-electron chi connectivity index (χ0n) is 9.59. The molecule has 5 nitrogen and oxygen atoms in total. The van der Waals surface area contributed by atoms with Crippen LogP contribution in [0.4, 0.5) is 10.8 Å². The van der Waals surface area contributed by atoms with Crippen LogP contribution in [0.25, 0.3) is 0 Å². The Hall–Kier alpha value is -1.32. The number of aliphatic hydroxyl groups is 1. The molecule has 1 aliphatic heterocycles. The first-order chi connectivity index (χ1) is 8.27. The van der Waals surface area contributed by atoms with Crippen molar-refractivity contribution in [1.82, 2.24) is 4.37 Å². The summed E-state index contributed by atoms with van der Waals surface area (Å²) >= 11 is 1.28. The van der Waals surface area contributed by atoms with E-state index in [-0.39, 0.29) is 6.61 Å². The van der Waals surface area contributed by atoms with Crippen molar-refractivity contribution in [2.45, 2.75) is 31.7 Å². The van der Waals surface area contributed by atoms with Crippen molar-refractivity contribution < 1.29 is 5.11 Å². The van der Waals surface area contributed by atoms with Gasteiger partial charge in [0.2, 0.25) is 0 Å². The normalized spacial score (nSPS) is 20.2. The maximum atomic E-state index is 9.10. The second-order valence-corrected chi connectivity index (χ2v) is 4.97. The Labute approximate surface area is 105 Å². The molecule has 1 saturated heterocycles. The molecule has 6 heteroatoms. The number of nitriles is 1. The highest BCUT2D eigenvalue weighted by Crippen LogP contribution is 2.34. The largest absolute Gasteiger partial charge is 0.396 e. The molecule has 1 atom stereocenters. The van der Waals surface area contributed by atoms with E-state index in [2.05, 4.69) is 15.3 Å². The number of anilines is 2. The monoisotopic (exact) mass is 252 g/mol. The zero-order valence-corrected chi connectivity index (χ0v) is 10.4. The molecule has 0 saturated carbocycles. The minimum atomic E-state index is 0.178. The van der Waals surface area contributed by atoms with Crippen molar-refractivity contribution in [3.05, 3.63) is 5.56 Å². The first kappa shape index (κ1) is 12.1. The van der Waals surface area contributed by atoms with Crippen LogP contribution in [0.15, 0.2) is 0 Å². The number of piperidine rings is 1. The van der Waals surface area contributed by atoms with E-state index in [9.17, 15) is 0 Å². The van der Waals surface area contributed by atoms with Gasteiger partial charge in [0.1, 0.15) is 16.6 Å². The predicted molar refractivity (Wildman–Crippen MR) is 67.9 cm³/mol. The lowest BCUT2D eigenvalue weighted by Crippen LogP contribution is -2.40. The number of aromatic nitrogens is 1. The van der Waals surface area contributed by atoms with E-state index in [0.717, 1.165) is 30.8 Å². The molecule has 2 rings (SSSR count). The second kappa shape index (κ2) is 5.34. The van der Waals surface area contributed by atoms with Crippen LogP contribution in [-0.2, 0) is 0 Å². The van der Waals surface area contributed by atoms with E-state index in [1.54, 1.807) is 0 Å². The van der Waals surface area contributed by atoms with E-state index in [4.69, 9.17) is 16.1 Å². The molecule has 17 heavy (non-hydrogen) atoms. The maximum Gasteiger partial charge on any atom is 0.157 e. The van der Waals surface area contributed by atoms with Crippen LogP contribution in [0.1, 0.15) is 31.2 Å². The number of nitrogens with zero attached hydrogens (tertiary/aromatic N) is 3. The van der Waals surface area contributed by atoms with Gasteiger partial charge >= 0.3 is 0 Å². The van der Waals surface area contributed by atoms with Gasteiger partial charge in [-0.1, -0.05) is 0 Å². The van der Waals surface area contributed by atoms with Gasteiger partial charge in [-0.15, -0.1) is 0 Å². The van der Waals surface area contributed by atoms with Gasteiger partial charge in [-0.3, -0.25) is 0 Å². The van der Waals surface area contributed by atoms with Gasteiger partial charge in [-0.25, -0.2) is 0 Å². The van der Waals surface area contributed by atoms with Gasteiger partial charge in [-0.05, 0) is 37.2 Å². The molecule has 0 amide bonds. The van der Waals surface area contributed by atoms with E-state index in [0.29, 0.717) is 17.4 Å². The highest BCUT2D eigenvalue weighted by molar-refractivity contribution is 7.10. The van der Waals surface area contributed by atoms with Gasteiger partial charge in [-0.2, -0.15) is 9.64 Å². The zero-order chi connectivity index (χ0) is 12.3. The first-order valence-electron chi connectivity index (χ1n) is 5.80. The summed E-state index contributed by atoms with van der Waals surface area (Å²) in [6, 6.07) is 2.43. The number of nitrogen functional groups attached to an aromatic ring is 1. The Morgan fingerprint density at radius 2 is 2.41 bits per heavy atom. The third-order valence-corrected chi connectivity index (χ3v) is 4.06. The summed E-state index contributed by atoms with van der Waals surface area (Å²) in [6.07, 6.45) is 4.09. The summed E-state index contributed by atoms with van der Waals surface area (Å²) in [6.45, 7) is 1.10. The Balaban J connectivity index is 2.26. The Morgan fingerprint density at radius 1 is 1.59 bits per heavy atom. The summed E-state index contributed by atoms with van der Waals surface area (Å²) in [5.41, 5.74) is 6.16. The van der Waals surface area contributed by atoms with Crippen molar-refractivity contribution in [2.24, 2.45) is 0 Å². The summed E-state index contributed by atoms with van der Waals surface area (Å²) in [4.78, 5) is 2.19. The third-order valence-electron chi connectivity index (χ3n) is 3.16. The molecular weight excluding hydrogens is 236 g/mol. The van der Waals surface area contributed by atoms with Crippen molar-refractivity contribution in [1.29, 1.82) is 5.26 Å². The van der Waals surface area contributed by atoms with Gasteiger partial charge in [0, 0.05) is 19.2 Å². The van der Waals surface area contributed by atoms with Crippen molar-refractivity contribution in [3.63, 3.8) is 0 Å². The van der Waals surface area contributed by atoms with Crippen LogP contribution in [0.3, 0.4) is 0 Å². The van der Waals surface area contributed by atoms with Gasteiger partial charge < -0.3 is 15.7 Å². The Bertz CT molecular complexity index is 424. The summed E-state index contributed by atoms with van der Waals surface area (Å²) in [5, 5.41) is 19.0. The number of aliphatic hydroxyl groups excluding tert-OH is 1. The number of hydrogen-bond acceptors (Lipinski definition) is 6. The lowest BCUT2D eigenvalue weighted by atomic mass is 9.99. The van der Waals surface area contributed by atoms with E-state index < -0.39 is 0 Å².